The van der Waals surface area contributed by atoms with Crippen molar-refractivity contribution in [2.45, 2.75) is 37.9 Å². The number of hydrogen-bond donors (Lipinski definition) is 0. The number of rotatable bonds is 7. The van der Waals surface area contributed by atoms with Crippen molar-refractivity contribution in [3.8, 4) is 5.75 Å². The average Bonchev–Trinajstić information content (AvgIpc) is 3.01. The van der Waals surface area contributed by atoms with Gasteiger partial charge in [0, 0.05) is 16.8 Å². The van der Waals surface area contributed by atoms with Gasteiger partial charge in [-0.25, -0.2) is 0 Å². The van der Waals surface area contributed by atoms with Crippen molar-refractivity contribution in [1.82, 2.24) is 14.8 Å². The van der Waals surface area contributed by atoms with Crippen LogP contribution < -0.4 is 4.74 Å². The average molecular weight is 418 g/mol. The van der Waals surface area contributed by atoms with Crippen molar-refractivity contribution in [1.29, 1.82) is 0 Å². The largest absolute Gasteiger partial charge is 0.486 e. The Morgan fingerprint density at radius 2 is 1.92 bits per heavy atom. The Morgan fingerprint density at radius 1 is 1.12 bits per heavy atom. The predicted molar refractivity (Wildman–Crippen MR) is 105 cm³/mol. The summed E-state index contributed by atoms with van der Waals surface area (Å²) in [5.41, 5.74) is 2.44. The smallest absolute Gasteiger partial charge is 0.191 e. The fraction of sp³-hybridized carbons (Fsp3) is 0.263. The van der Waals surface area contributed by atoms with E-state index in [-0.39, 0.29) is 0 Å². The third-order valence-corrected chi connectivity index (χ3v) is 5.31. The summed E-state index contributed by atoms with van der Waals surface area (Å²) >= 11 is 5.16. The molecule has 0 bridgehead atoms. The first kappa shape index (κ1) is 18.0. The molecule has 1 aromatic heterocycles. The molecule has 0 fully saturated rings. The number of thioether (sulfide) groups is 1. The zero-order valence-corrected chi connectivity index (χ0v) is 16.7. The van der Waals surface area contributed by atoms with E-state index >= 15 is 0 Å². The van der Waals surface area contributed by atoms with Crippen LogP contribution in [0.25, 0.3) is 0 Å². The lowest BCUT2D eigenvalue weighted by atomic mass is 10.2. The van der Waals surface area contributed by atoms with E-state index in [1.54, 1.807) is 11.8 Å². The highest BCUT2D eigenvalue weighted by Gasteiger charge is 2.12. The van der Waals surface area contributed by atoms with Crippen molar-refractivity contribution in [2.75, 3.05) is 0 Å². The van der Waals surface area contributed by atoms with Crippen LogP contribution >= 0.6 is 27.7 Å². The molecule has 0 N–H and O–H groups in total. The summed E-state index contributed by atoms with van der Waals surface area (Å²) in [4.78, 5) is 0. The van der Waals surface area contributed by atoms with Crippen molar-refractivity contribution in [3.63, 3.8) is 0 Å². The Morgan fingerprint density at radius 3 is 2.64 bits per heavy atom. The summed E-state index contributed by atoms with van der Waals surface area (Å²) in [6.07, 6.45) is 0. The second kappa shape index (κ2) is 8.54. The minimum absolute atomic E-state index is 0.420. The van der Waals surface area contributed by atoms with E-state index in [0.29, 0.717) is 6.61 Å². The van der Waals surface area contributed by atoms with Crippen LogP contribution in [0.3, 0.4) is 0 Å². The lowest BCUT2D eigenvalue weighted by molar-refractivity contribution is 0.288. The molecule has 130 valence electrons. The van der Waals surface area contributed by atoms with Crippen LogP contribution in [0.5, 0.6) is 5.75 Å². The highest BCUT2D eigenvalue weighted by atomic mass is 79.9. The van der Waals surface area contributed by atoms with Crippen LogP contribution in [0.2, 0.25) is 0 Å². The molecule has 3 aromatic rings. The molecule has 1 heterocycles. The van der Waals surface area contributed by atoms with Gasteiger partial charge in [0.25, 0.3) is 0 Å². The second-order valence-electron chi connectivity index (χ2n) is 5.66. The summed E-state index contributed by atoms with van der Waals surface area (Å²) in [6, 6.07) is 16.4. The zero-order valence-electron chi connectivity index (χ0n) is 14.3. The first-order valence-electron chi connectivity index (χ1n) is 8.14. The van der Waals surface area contributed by atoms with E-state index in [0.717, 1.165) is 33.5 Å². The standard InChI is InChI=1S/C19H20BrN3OS/c1-3-23-18(12-24-17-6-4-5-14(2)11-17)21-22-19(23)25-13-15-7-9-16(20)10-8-15/h4-11H,3,12-13H2,1-2H3. The van der Waals surface area contributed by atoms with Gasteiger partial charge in [0.1, 0.15) is 12.4 Å². The van der Waals surface area contributed by atoms with Gasteiger partial charge >= 0.3 is 0 Å². The van der Waals surface area contributed by atoms with Crippen molar-refractivity contribution in [2.24, 2.45) is 0 Å². The van der Waals surface area contributed by atoms with Gasteiger partial charge in [-0.3, -0.25) is 0 Å². The molecule has 0 radical (unpaired) electrons. The van der Waals surface area contributed by atoms with E-state index in [2.05, 4.69) is 74.9 Å². The third kappa shape index (κ3) is 4.86. The molecular formula is C19H20BrN3OS. The summed E-state index contributed by atoms with van der Waals surface area (Å²) in [5.74, 6) is 2.57. The maximum Gasteiger partial charge on any atom is 0.191 e. The number of ether oxygens (including phenoxy) is 1. The summed E-state index contributed by atoms with van der Waals surface area (Å²) < 4.78 is 9.07. The Labute approximate surface area is 160 Å². The minimum atomic E-state index is 0.420. The summed E-state index contributed by atoms with van der Waals surface area (Å²) in [5, 5.41) is 9.57. The molecule has 0 aliphatic carbocycles. The number of aromatic nitrogens is 3. The Hall–Kier alpha value is -1.79. The molecule has 0 aliphatic rings. The Kier molecular flexibility index (Phi) is 6.15. The van der Waals surface area contributed by atoms with Crippen LogP contribution in [-0.4, -0.2) is 14.8 Å². The van der Waals surface area contributed by atoms with Gasteiger partial charge in [-0.15, -0.1) is 10.2 Å². The van der Waals surface area contributed by atoms with E-state index in [4.69, 9.17) is 4.74 Å². The maximum atomic E-state index is 5.87. The van der Waals surface area contributed by atoms with Gasteiger partial charge in [-0.05, 0) is 49.2 Å². The van der Waals surface area contributed by atoms with Crippen molar-refractivity contribution in [3.05, 3.63) is 70.0 Å². The zero-order chi connectivity index (χ0) is 17.6. The molecule has 2 aromatic carbocycles. The number of nitrogens with zero attached hydrogens (tertiary/aromatic N) is 3. The molecule has 25 heavy (non-hydrogen) atoms. The maximum absolute atomic E-state index is 5.87. The monoisotopic (exact) mass is 417 g/mol. The number of halogens is 1. The molecule has 0 unspecified atom stereocenters. The lowest BCUT2D eigenvalue weighted by Gasteiger charge is -2.09. The fourth-order valence-corrected chi connectivity index (χ4v) is 3.67. The molecule has 6 heteroatoms. The van der Waals surface area contributed by atoms with Crippen LogP contribution in [0.4, 0.5) is 0 Å². The first-order valence-corrected chi connectivity index (χ1v) is 9.92. The lowest BCUT2D eigenvalue weighted by Crippen LogP contribution is -2.07. The molecule has 0 saturated heterocycles. The van der Waals surface area contributed by atoms with Crippen LogP contribution in [-0.2, 0) is 18.9 Å². The highest BCUT2D eigenvalue weighted by Crippen LogP contribution is 2.23. The first-order chi connectivity index (χ1) is 12.2. The van der Waals surface area contributed by atoms with Gasteiger partial charge in [-0.2, -0.15) is 0 Å². The van der Waals surface area contributed by atoms with Crippen molar-refractivity contribution >= 4 is 27.7 Å². The normalized spacial score (nSPS) is 10.8. The third-order valence-electron chi connectivity index (χ3n) is 3.75. The molecule has 0 aliphatic heterocycles. The van der Waals surface area contributed by atoms with Gasteiger partial charge in [0.2, 0.25) is 0 Å². The SMILES string of the molecule is CCn1c(COc2cccc(C)c2)nnc1SCc1ccc(Br)cc1. The Balaban J connectivity index is 1.64. The minimum Gasteiger partial charge on any atom is -0.486 e. The molecule has 0 amide bonds. The van der Waals surface area contributed by atoms with E-state index in [1.807, 2.05) is 18.2 Å². The topological polar surface area (TPSA) is 39.9 Å². The second-order valence-corrected chi connectivity index (χ2v) is 7.52. The van der Waals surface area contributed by atoms with E-state index in [1.165, 1.54) is 11.1 Å². The van der Waals surface area contributed by atoms with Gasteiger partial charge in [-0.1, -0.05) is 52.0 Å². The van der Waals surface area contributed by atoms with E-state index < -0.39 is 0 Å². The van der Waals surface area contributed by atoms with Crippen molar-refractivity contribution < 1.29 is 4.74 Å². The number of hydrogen-bond acceptors (Lipinski definition) is 4. The fourth-order valence-electron chi connectivity index (χ4n) is 2.43. The van der Waals surface area contributed by atoms with Crippen LogP contribution in [0, 0.1) is 6.92 Å². The predicted octanol–water partition coefficient (Wildman–Crippen LogP) is 5.24. The summed E-state index contributed by atoms with van der Waals surface area (Å²) in [7, 11) is 0. The van der Waals surface area contributed by atoms with Crippen LogP contribution in [0.15, 0.2) is 58.2 Å². The van der Waals surface area contributed by atoms with Gasteiger partial charge in [0.15, 0.2) is 11.0 Å². The number of aryl methyl sites for hydroxylation is 1. The van der Waals surface area contributed by atoms with Gasteiger partial charge in [0.05, 0.1) is 0 Å². The molecule has 0 spiro atoms. The van der Waals surface area contributed by atoms with E-state index in [9.17, 15) is 0 Å². The number of benzene rings is 2. The Bertz CT molecular complexity index is 833. The molecule has 4 nitrogen and oxygen atoms in total. The highest BCUT2D eigenvalue weighted by molar-refractivity contribution is 9.10. The summed E-state index contributed by atoms with van der Waals surface area (Å²) in [6.45, 7) is 5.40. The molecular weight excluding hydrogens is 398 g/mol. The van der Waals surface area contributed by atoms with Crippen LogP contribution in [0.1, 0.15) is 23.9 Å². The molecule has 3 rings (SSSR count). The quantitative estimate of drug-likeness (QED) is 0.492. The van der Waals surface area contributed by atoms with Gasteiger partial charge < -0.3 is 9.30 Å². The molecule has 0 saturated carbocycles. The molecule has 0 atom stereocenters.